The van der Waals surface area contributed by atoms with E-state index in [1.165, 1.54) is 5.56 Å². The first-order chi connectivity index (χ1) is 13.5. The van der Waals surface area contributed by atoms with Crippen molar-refractivity contribution in [3.05, 3.63) is 70.8 Å². The lowest BCUT2D eigenvalue weighted by molar-refractivity contribution is -0.140. The zero-order chi connectivity index (χ0) is 20.5. The van der Waals surface area contributed by atoms with Crippen LogP contribution in [0.2, 0.25) is 0 Å². The third kappa shape index (κ3) is 5.95. The van der Waals surface area contributed by atoms with Crippen LogP contribution < -0.4 is 5.32 Å². The van der Waals surface area contributed by atoms with Crippen LogP contribution in [0.15, 0.2) is 48.5 Å². The van der Waals surface area contributed by atoms with Crippen molar-refractivity contribution >= 4 is 11.8 Å². The largest absolute Gasteiger partial charge is 0.355 e. The van der Waals surface area contributed by atoms with E-state index in [1.807, 2.05) is 38.1 Å². The number of aryl methyl sites for hydroxylation is 3. The molecule has 0 saturated heterocycles. The molecular weight excluding hydrogens is 348 g/mol. The molecule has 0 aliphatic heterocycles. The molecule has 4 nitrogen and oxygen atoms in total. The lowest BCUT2D eigenvalue weighted by Gasteiger charge is -2.29. The minimum Gasteiger partial charge on any atom is -0.355 e. The van der Waals surface area contributed by atoms with Crippen molar-refractivity contribution in [2.24, 2.45) is 0 Å². The third-order valence-electron chi connectivity index (χ3n) is 5.18. The Morgan fingerprint density at radius 3 is 2.25 bits per heavy atom. The summed E-state index contributed by atoms with van der Waals surface area (Å²) in [5, 5.41) is 2.83. The van der Waals surface area contributed by atoms with Crippen molar-refractivity contribution in [1.29, 1.82) is 0 Å². The summed E-state index contributed by atoms with van der Waals surface area (Å²) in [6.45, 7) is 8.85. The standard InChI is InChI=1S/C24H32N2O2/c1-5-20-11-13-21(14-12-20)15-16-23(27)26(19(4)24(28)25-6-2)17-22-10-8-7-9-18(22)3/h7-14,19H,5-6,15-17H2,1-4H3,(H,25,28). The highest BCUT2D eigenvalue weighted by Crippen LogP contribution is 2.16. The van der Waals surface area contributed by atoms with Crippen molar-refractivity contribution in [3.63, 3.8) is 0 Å². The molecule has 1 N–H and O–H groups in total. The van der Waals surface area contributed by atoms with Crippen LogP contribution >= 0.6 is 0 Å². The number of hydrogen-bond acceptors (Lipinski definition) is 2. The molecule has 0 fully saturated rings. The molecule has 2 aromatic rings. The Hall–Kier alpha value is -2.62. The van der Waals surface area contributed by atoms with E-state index < -0.39 is 6.04 Å². The molecule has 0 aliphatic carbocycles. The van der Waals surface area contributed by atoms with E-state index in [0.29, 0.717) is 25.9 Å². The number of hydrogen-bond donors (Lipinski definition) is 1. The Morgan fingerprint density at radius 1 is 1.00 bits per heavy atom. The summed E-state index contributed by atoms with van der Waals surface area (Å²) in [6, 6.07) is 15.9. The number of rotatable bonds is 9. The van der Waals surface area contributed by atoms with Crippen molar-refractivity contribution in [1.82, 2.24) is 10.2 Å². The number of carbonyl (C=O) groups excluding carboxylic acids is 2. The van der Waals surface area contributed by atoms with Gasteiger partial charge in [0.1, 0.15) is 6.04 Å². The van der Waals surface area contributed by atoms with Crippen LogP contribution in [0.3, 0.4) is 0 Å². The maximum atomic E-state index is 13.1. The Kier molecular flexibility index (Phi) is 8.24. The molecule has 1 atom stereocenters. The summed E-state index contributed by atoms with van der Waals surface area (Å²) < 4.78 is 0. The van der Waals surface area contributed by atoms with E-state index >= 15 is 0 Å². The van der Waals surface area contributed by atoms with Crippen LogP contribution in [-0.4, -0.2) is 29.3 Å². The van der Waals surface area contributed by atoms with Crippen LogP contribution in [-0.2, 0) is 29.0 Å². The molecule has 0 aromatic heterocycles. The van der Waals surface area contributed by atoms with E-state index in [1.54, 1.807) is 11.8 Å². The van der Waals surface area contributed by atoms with Gasteiger partial charge in [0.05, 0.1) is 0 Å². The van der Waals surface area contributed by atoms with Crippen molar-refractivity contribution < 1.29 is 9.59 Å². The summed E-state index contributed by atoms with van der Waals surface area (Å²) in [7, 11) is 0. The fourth-order valence-corrected chi connectivity index (χ4v) is 3.21. The average molecular weight is 381 g/mol. The van der Waals surface area contributed by atoms with Crippen molar-refractivity contribution in [3.8, 4) is 0 Å². The zero-order valence-corrected chi connectivity index (χ0v) is 17.5. The number of amides is 2. The summed E-state index contributed by atoms with van der Waals surface area (Å²) in [4.78, 5) is 27.2. The number of nitrogens with zero attached hydrogens (tertiary/aromatic N) is 1. The monoisotopic (exact) mass is 380 g/mol. The van der Waals surface area contributed by atoms with Crippen molar-refractivity contribution in [2.45, 2.75) is 59.5 Å². The molecule has 0 heterocycles. The van der Waals surface area contributed by atoms with Crippen LogP contribution in [0, 0.1) is 6.92 Å². The number of nitrogens with one attached hydrogen (secondary N) is 1. The van der Waals surface area contributed by atoms with Gasteiger partial charge in [0, 0.05) is 19.5 Å². The normalized spacial score (nSPS) is 11.7. The first-order valence-corrected chi connectivity index (χ1v) is 10.2. The van der Waals surface area contributed by atoms with E-state index in [9.17, 15) is 9.59 Å². The molecule has 4 heteroatoms. The van der Waals surface area contributed by atoms with Gasteiger partial charge in [0.15, 0.2) is 0 Å². The number of likely N-dealkylation sites (N-methyl/N-ethyl adjacent to an activating group) is 1. The molecule has 0 radical (unpaired) electrons. The topological polar surface area (TPSA) is 49.4 Å². The van der Waals surface area contributed by atoms with Crippen LogP contribution in [0.5, 0.6) is 0 Å². The van der Waals surface area contributed by atoms with E-state index in [0.717, 1.165) is 23.1 Å². The molecule has 2 amide bonds. The smallest absolute Gasteiger partial charge is 0.242 e. The Bertz CT molecular complexity index is 783. The van der Waals surface area contributed by atoms with Crippen LogP contribution in [0.25, 0.3) is 0 Å². The van der Waals surface area contributed by atoms with Gasteiger partial charge in [-0.05, 0) is 55.9 Å². The highest BCUT2D eigenvalue weighted by atomic mass is 16.2. The SMILES string of the molecule is CCNC(=O)C(C)N(Cc1ccccc1C)C(=O)CCc1ccc(CC)cc1. The summed E-state index contributed by atoms with van der Waals surface area (Å²) in [6.07, 6.45) is 2.07. The van der Waals surface area contributed by atoms with Crippen LogP contribution in [0.4, 0.5) is 0 Å². The number of benzene rings is 2. The fraction of sp³-hybridized carbons (Fsp3) is 0.417. The lowest BCUT2D eigenvalue weighted by Crippen LogP contribution is -2.47. The zero-order valence-electron chi connectivity index (χ0n) is 17.5. The highest BCUT2D eigenvalue weighted by molar-refractivity contribution is 5.87. The molecule has 0 spiro atoms. The van der Waals surface area contributed by atoms with Gasteiger partial charge >= 0.3 is 0 Å². The van der Waals surface area contributed by atoms with Gasteiger partial charge in [-0.2, -0.15) is 0 Å². The number of carbonyl (C=O) groups is 2. The van der Waals surface area contributed by atoms with Gasteiger partial charge in [-0.15, -0.1) is 0 Å². The van der Waals surface area contributed by atoms with Gasteiger partial charge in [0.25, 0.3) is 0 Å². The Morgan fingerprint density at radius 2 is 1.64 bits per heavy atom. The first kappa shape index (κ1) is 21.7. The third-order valence-corrected chi connectivity index (χ3v) is 5.18. The molecule has 28 heavy (non-hydrogen) atoms. The van der Waals surface area contributed by atoms with E-state index in [-0.39, 0.29) is 11.8 Å². The van der Waals surface area contributed by atoms with Gasteiger partial charge in [-0.1, -0.05) is 55.5 Å². The lowest BCUT2D eigenvalue weighted by atomic mass is 10.0. The van der Waals surface area contributed by atoms with Gasteiger partial charge in [0.2, 0.25) is 11.8 Å². The molecule has 1 unspecified atom stereocenters. The fourth-order valence-electron chi connectivity index (χ4n) is 3.21. The van der Waals surface area contributed by atoms with Crippen LogP contribution in [0.1, 0.15) is 49.4 Å². The summed E-state index contributed by atoms with van der Waals surface area (Å²) in [5.41, 5.74) is 4.63. The molecule has 150 valence electrons. The summed E-state index contributed by atoms with van der Waals surface area (Å²) >= 11 is 0. The molecule has 0 saturated carbocycles. The molecule has 0 bridgehead atoms. The van der Waals surface area contributed by atoms with Crippen molar-refractivity contribution in [2.75, 3.05) is 6.54 Å². The van der Waals surface area contributed by atoms with Gasteiger partial charge in [-0.25, -0.2) is 0 Å². The minimum atomic E-state index is -0.505. The highest BCUT2D eigenvalue weighted by Gasteiger charge is 2.25. The molecule has 2 rings (SSSR count). The minimum absolute atomic E-state index is 0.00146. The Labute approximate surface area is 169 Å². The maximum absolute atomic E-state index is 13.1. The molecule has 2 aromatic carbocycles. The first-order valence-electron chi connectivity index (χ1n) is 10.2. The molecular formula is C24H32N2O2. The second-order valence-electron chi connectivity index (χ2n) is 7.19. The van der Waals surface area contributed by atoms with E-state index in [4.69, 9.17) is 0 Å². The van der Waals surface area contributed by atoms with Gasteiger partial charge in [-0.3, -0.25) is 9.59 Å². The second kappa shape index (κ2) is 10.6. The predicted molar refractivity (Wildman–Crippen MR) is 114 cm³/mol. The Balaban J connectivity index is 2.12. The van der Waals surface area contributed by atoms with Gasteiger partial charge < -0.3 is 10.2 Å². The predicted octanol–water partition coefficient (Wildman–Crippen LogP) is 4.04. The summed E-state index contributed by atoms with van der Waals surface area (Å²) in [5.74, 6) is -0.113. The quantitative estimate of drug-likeness (QED) is 0.714. The second-order valence-corrected chi connectivity index (χ2v) is 7.19. The maximum Gasteiger partial charge on any atom is 0.242 e. The molecule has 0 aliphatic rings. The van der Waals surface area contributed by atoms with E-state index in [2.05, 4.69) is 36.5 Å². The average Bonchev–Trinajstić information content (AvgIpc) is 2.71.